The van der Waals surface area contributed by atoms with Crippen LogP contribution in [0.25, 0.3) is 56.1 Å². The molecule has 1 N–H and O–H groups in total. The van der Waals surface area contributed by atoms with Crippen molar-refractivity contribution in [3.8, 4) is 50.7 Å². The molecular weight excluding hydrogens is 564 g/mol. The highest BCUT2D eigenvalue weighted by molar-refractivity contribution is 5.95. The highest BCUT2D eigenvalue weighted by Gasteiger charge is 2.29. The van der Waals surface area contributed by atoms with Crippen molar-refractivity contribution in [2.75, 3.05) is 0 Å². The first-order valence-electron chi connectivity index (χ1n) is 16.1. The molecule has 4 heteroatoms. The van der Waals surface area contributed by atoms with Crippen LogP contribution in [0.3, 0.4) is 0 Å². The van der Waals surface area contributed by atoms with Gasteiger partial charge in [0.25, 0.3) is 0 Å². The molecule has 6 aromatic rings. The molecule has 234 valence electrons. The Morgan fingerprint density at radius 2 is 1.26 bits per heavy atom. The zero-order valence-electron chi connectivity index (χ0n) is 28.5. The van der Waals surface area contributed by atoms with Gasteiger partial charge in [0.1, 0.15) is 11.3 Å². The normalized spacial score (nSPS) is 12.5. The minimum absolute atomic E-state index is 0.000151. The van der Waals surface area contributed by atoms with Crippen LogP contribution in [0.1, 0.15) is 79.0 Å². The van der Waals surface area contributed by atoms with Gasteiger partial charge in [-0.1, -0.05) is 117 Å². The molecule has 0 fully saturated rings. The summed E-state index contributed by atoms with van der Waals surface area (Å²) in [6.07, 6.45) is 1.93. The number of oxazole rings is 1. The molecule has 0 unspecified atom stereocenters. The van der Waals surface area contributed by atoms with E-state index in [-0.39, 0.29) is 22.0 Å². The molecule has 2 heterocycles. The summed E-state index contributed by atoms with van der Waals surface area (Å²) in [6, 6.07) is 30.8. The third-order valence-corrected chi connectivity index (χ3v) is 8.72. The Bertz CT molecular complexity index is 2050. The van der Waals surface area contributed by atoms with Crippen LogP contribution in [0, 0.1) is 0 Å². The van der Waals surface area contributed by atoms with Crippen molar-refractivity contribution in [1.29, 1.82) is 0 Å². The van der Waals surface area contributed by atoms with Crippen molar-refractivity contribution in [3.63, 3.8) is 0 Å². The fourth-order valence-corrected chi connectivity index (χ4v) is 6.12. The lowest BCUT2D eigenvalue weighted by Crippen LogP contribution is -2.19. The molecule has 4 nitrogen and oxygen atoms in total. The quantitative estimate of drug-likeness (QED) is 0.216. The number of fused-ring (bicyclic) bond motifs is 1. The first-order chi connectivity index (χ1) is 21.6. The van der Waals surface area contributed by atoms with Gasteiger partial charge >= 0.3 is 0 Å². The van der Waals surface area contributed by atoms with Gasteiger partial charge in [-0.2, -0.15) is 0 Å². The lowest BCUT2D eigenvalue weighted by Gasteiger charge is -2.30. The summed E-state index contributed by atoms with van der Waals surface area (Å²) >= 11 is 0. The van der Waals surface area contributed by atoms with Gasteiger partial charge in [-0.3, -0.25) is 4.98 Å². The van der Waals surface area contributed by atoms with Crippen molar-refractivity contribution in [2.45, 2.75) is 78.6 Å². The molecule has 0 atom stereocenters. The average molecular weight is 609 g/mol. The number of hydrogen-bond donors (Lipinski definition) is 1. The maximum Gasteiger partial charge on any atom is 0.231 e. The summed E-state index contributed by atoms with van der Waals surface area (Å²) in [5.74, 6) is 0.519. The fourth-order valence-electron chi connectivity index (χ4n) is 6.12. The van der Waals surface area contributed by atoms with E-state index in [1.54, 1.807) is 6.07 Å². The van der Waals surface area contributed by atoms with Crippen LogP contribution < -0.4 is 0 Å². The molecule has 0 aliphatic rings. The summed E-state index contributed by atoms with van der Waals surface area (Å²) in [7, 11) is 0. The zero-order chi connectivity index (χ0) is 33.0. The fraction of sp³-hybridized carbons (Fsp3) is 0.286. The van der Waals surface area contributed by atoms with Crippen molar-refractivity contribution < 1.29 is 9.52 Å². The first kappa shape index (κ1) is 31.3. The Labute approximate surface area is 273 Å². The number of aromatic nitrogens is 2. The second-order valence-corrected chi connectivity index (χ2v) is 15.4. The minimum Gasteiger partial charge on any atom is -0.507 e. The number of hydrogen-bond acceptors (Lipinski definition) is 4. The third kappa shape index (κ3) is 5.97. The Hall–Kier alpha value is -4.70. The number of phenolic OH excluding ortho intramolecular Hbond substituents is 1. The van der Waals surface area contributed by atoms with Crippen LogP contribution in [0.2, 0.25) is 0 Å². The van der Waals surface area contributed by atoms with E-state index < -0.39 is 0 Å². The van der Waals surface area contributed by atoms with Crippen LogP contribution in [-0.2, 0) is 16.2 Å². The van der Waals surface area contributed by atoms with Crippen LogP contribution in [0.5, 0.6) is 5.75 Å². The second-order valence-electron chi connectivity index (χ2n) is 15.4. The molecule has 2 aromatic heterocycles. The number of para-hydroxylation sites is 1. The molecular formula is C42H44N2O2. The summed E-state index contributed by atoms with van der Waals surface area (Å²) in [6.45, 7) is 20.3. The van der Waals surface area contributed by atoms with Gasteiger partial charge < -0.3 is 9.52 Å². The lowest BCUT2D eigenvalue weighted by molar-refractivity contribution is 0.474. The van der Waals surface area contributed by atoms with Crippen molar-refractivity contribution >= 4 is 11.1 Å². The highest BCUT2D eigenvalue weighted by atomic mass is 16.3. The average Bonchev–Trinajstić information content (AvgIpc) is 3.44. The van der Waals surface area contributed by atoms with Crippen molar-refractivity contribution in [1.82, 2.24) is 9.97 Å². The predicted molar refractivity (Wildman–Crippen MR) is 191 cm³/mol. The van der Waals surface area contributed by atoms with Gasteiger partial charge in [-0.15, -0.1) is 0 Å². The predicted octanol–water partition coefficient (Wildman–Crippen LogP) is 11.5. The zero-order valence-corrected chi connectivity index (χ0v) is 28.5. The molecule has 0 amide bonds. The number of pyridine rings is 1. The standard InChI is InChI=1S/C42H44N2O2/c1-40(2,3)28-20-21-43-35(23-28)31-24-30(33(41(4,5)6)25-34(31)42(7,8)9)29-16-13-17-37-38(29)44-39(46-37)32-22-27(18-19-36(32)45)26-14-11-10-12-15-26/h10-25,45H,1-9H3. The van der Waals surface area contributed by atoms with Crippen LogP contribution >= 0.6 is 0 Å². The largest absolute Gasteiger partial charge is 0.507 e. The van der Waals surface area contributed by atoms with Crippen LogP contribution in [0.4, 0.5) is 0 Å². The lowest BCUT2D eigenvalue weighted by atomic mass is 9.74. The third-order valence-electron chi connectivity index (χ3n) is 8.72. The summed E-state index contributed by atoms with van der Waals surface area (Å²) in [4.78, 5) is 9.97. The van der Waals surface area contributed by atoms with Gasteiger partial charge in [0.2, 0.25) is 5.89 Å². The second kappa shape index (κ2) is 11.3. The SMILES string of the molecule is CC(C)(C)c1ccnc(-c2cc(-c3cccc4oc(-c5cc(-c6ccccc6)ccc5O)nc34)c(C(C)(C)C)cc2C(C)(C)C)c1. The molecule has 0 aliphatic carbocycles. The Kier molecular flexibility index (Phi) is 7.67. The minimum atomic E-state index is -0.147. The Balaban J connectivity index is 1.59. The molecule has 0 aliphatic heterocycles. The van der Waals surface area contributed by atoms with Crippen LogP contribution in [0.15, 0.2) is 102 Å². The van der Waals surface area contributed by atoms with Gasteiger partial charge in [0, 0.05) is 17.3 Å². The summed E-state index contributed by atoms with van der Waals surface area (Å²) in [5, 5.41) is 10.9. The van der Waals surface area contributed by atoms with Crippen LogP contribution in [-0.4, -0.2) is 15.1 Å². The Morgan fingerprint density at radius 1 is 0.565 bits per heavy atom. The van der Waals surface area contributed by atoms with E-state index in [0.717, 1.165) is 39.0 Å². The number of phenols is 1. The van der Waals surface area contributed by atoms with E-state index >= 15 is 0 Å². The van der Waals surface area contributed by atoms with E-state index in [1.807, 2.05) is 48.7 Å². The monoisotopic (exact) mass is 608 g/mol. The van der Waals surface area contributed by atoms with Gasteiger partial charge in [0.15, 0.2) is 5.58 Å². The molecule has 0 spiro atoms. The first-order valence-corrected chi connectivity index (χ1v) is 16.1. The topological polar surface area (TPSA) is 59.2 Å². The molecule has 0 bridgehead atoms. The van der Waals surface area contributed by atoms with E-state index in [0.29, 0.717) is 17.0 Å². The van der Waals surface area contributed by atoms with E-state index in [4.69, 9.17) is 14.4 Å². The van der Waals surface area contributed by atoms with Gasteiger partial charge in [-0.25, -0.2) is 4.98 Å². The molecule has 46 heavy (non-hydrogen) atoms. The molecule has 4 aromatic carbocycles. The Morgan fingerprint density at radius 3 is 1.93 bits per heavy atom. The number of benzene rings is 4. The van der Waals surface area contributed by atoms with Crippen molar-refractivity contribution in [3.05, 3.63) is 114 Å². The number of nitrogens with zero attached hydrogens (tertiary/aromatic N) is 2. The molecule has 0 radical (unpaired) electrons. The van der Waals surface area contributed by atoms with Crippen molar-refractivity contribution in [2.24, 2.45) is 0 Å². The number of aromatic hydroxyl groups is 1. The number of rotatable bonds is 4. The van der Waals surface area contributed by atoms with E-state index in [1.165, 1.54) is 16.7 Å². The summed E-state index contributed by atoms with van der Waals surface area (Å²) in [5.41, 5.74) is 11.7. The molecule has 6 rings (SSSR count). The summed E-state index contributed by atoms with van der Waals surface area (Å²) < 4.78 is 6.38. The maximum absolute atomic E-state index is 10.9. The highest BCUT2D eigenvalue weighted by Crippen LogP contribution is 2.45. The molecule has 0 saturated carbocycles. The maximum atomic E-state index is 10.9. The molecule has 0 saturated heterocycles. The van der Waals surface area contributed by atoms with Gasteiger partial charge in [0.05, 0.1) is 11.3 Å². The smallest absolute Gasteiger partial charge is 0.231 e. The van der Waals surface area contributed by atoms with E-state index in [2.05, 4.69) is 105 Å². The van der Waals surface area contributed by atoms with Gasteiger partial charge in [-0.05, 0) is 86.0 Å². The van der Waals surface area contributed by atoms with E-state index in [9.17, 15) is 5.11 Å².